The molecule has 4 nitrogen and oxygen atoms in total. The Kier molecular flexibility index (Phi) is 6.23. The number of para-hydroxylation sites is 2. The zero-order valence-electron chi connectivity index (χ0n) is 41.7. The van der Waals surface area contributed by atoms with E-state index in [1.807, 2.05) is 124 Å². The molecule has 6 aromatic carbocycles. The maximum Gasteiger partial charge on any atom is 0.149 e. The molecule has 266 valence electrons. The number of hydrogen-bond acceptors (Lipinski definition) is 3. The van der Waals surface area contributed by atoms with E-state index in [1.165, 1.54) is 0 Å². The molecule has 8 rings (SSSR count). The van der Waals surface area contributed by atoms with Gasteiger partial charge in [0.15, 0.2) is 0 Å². The number of phenolic OH excluding ortho intramolecular Hbond substituents is 1. The van der Waals surface area contributed by atoms with Crippen molar-refractivity contribution in [1.29, 1.82) is 0 Å². The van der Waals surface area contributed by atoms with Crippen LogP contribution in [0.5, 0.6) is 5.75 Å². The summed E-state index contributed by atoms with van der Waals surface area (Å²) >= 11 is 0. The minimum atomic E-state index is -2.96. The molecule has 2 aromatic heterocycles. The fourth-order valence-electron chi connectivity index (χ4n) is 6.76. The van der Waals surface area contributed by atoms with Gasteiger partial charge in [-0.2, -0.15) is 0 Å². The summed E-state index contributed by atoms with van der Waals surface area (Å²) in [6.07, 6.45) is -0.577. The standard InChI is InChI=1S/C50H45N3O/c1-32(2)44-31-40(23-24-41(44)35-13-8-7-9-14-35)53-46-17-12-16-42(48(46)52-49(53)43-15-10-11-18-47(43)54)37-27-38(29-39(28-37)50(4,5)6)45-30-36(25-26-51-45)34-21-19-33(3)20-22-34/h7-32,54H,1-6H3/i3D3,19D,20D,21D,22D,25D,26D,30D,32D. The Bertz CT molecular complexity index is 3170. The summed E-state index contributed by atoms with van der Waals surface area (Å²) in [5.41, 5.74) is 5.54. The molecule has 0 aliphatic heterocycles. The first-order valence-corrected chi connectivity index (χ1v) is 17.7. The van der Waals surface area contributed by atoms with Gasteiger partial charge in [-0.15, -0.1) is 0 Å². The van der Waals surface area contributed by atoms with Crippen LogP contribution in [-0.2, 0) is 5.41 Å². The van der Waals surface area contributed by atoms with Gasteiger partial charge in [-0.25, -0.2) is 4.98 Å². The Morgan fingerprint density at radius 2 is 1.44 bits per heavy atom. The minimum Gasteiger partial charge on any atom is -0.507 e. The van der Waals surface area contributed by atoms with E-state index in [-0.39, 0.29) is 17.0 Å². The number of aromatic nitrogens is 3. The number of pyridine rings is 1. The predicted octanol–water partition coefficient (Wildman–Crippen LogP) is 13.2. The van der Waals surface area contributed by atoms with E-state index in [2.05, 4.69) is 4.98 Å². The molecule has 0 aliphatic rings. The molecule has 0 spiro atoms. The van der Waals surface area contributed by atoms with Gasteiger partial charge < -0.3 is 5.11 Å². The highest BCUT2D eigenvalue weighted by atomic mass is 16.3. The lowest BCUT2D eigenvalue weighted by Crippen LogP contribution is -2.11. The summed E-state index contributed by atoms with van der Waals surface area (Å²) in [4.78, 5) is 9.65. The number of rotatable bonds is 7. The lowest BCUT2D eigenvalue weighted by molar-refractivity contribution is 0.477. The molecule has 0 aliphatic carbocycles. The fraction of sp³-hybridized carbons (Fsp3) is 0.160. The van der Waals surface area contributed by atoms with Crippen LogP contribution in [0, 0.1) is 6.85 Å². The van der Waals surface area contributed by atoms with Gasteiger partial charge in [-0.3, -0.25) is 9.55 Å². The van der Waals surface area contributed by atoms with Crippen LogP contribution in [0.4, 0.5) is 0 Å². The van der Waals surface area contributed by atoms with Gasteiger partial charge in [0.05, 0.1) is 31.9 Å². The number of fused-ring (bicyclic) bond motifs is 1. The van der Waals surface area contributed by atoms with Crippen LogP contribution in [-0.4, -0.2) is 19.6 Å². The summed E-state index contributed by atoms with van der Waals surface area (Å²) < 4.78 is 96.5. The lowest BCUT2D eigenvalue weighted by atomic mass is 9.83. The van der Waals surface area contributed by atoms with Crippen LogP contribution in [0.1, 0.15) is 72.3 Å². The van der Waals surface area contributed by atoms with E-state index < -0.39 is 71.7 Å². The van der Waals surface area contributed by atoms with Crippen molar-refractivity contribution in [2.24, 2.45) is 0 Å². The Hall–Kier alpha value is -6.26. The summed E-state index contributed by atoms with van der Waals surface area (Å²) in [6, 6.07) is 30.1. The molecule has 8 aromatic rings. The van der Waals surface area contributed by atoms with Crippen LogP contribution in [0.25, 0.3) is 72.7 Å². The Balaban J connectivity index is 1.40. The SMILES string of the molecule is [2H]c1nc(-c2cc(-c3cccc4c3nc(-c3ccccc3O)n4-c3ccc(-c4ccccc4)c(C([2H])(C)C)c3)cc(C(C)(C)C)c2)c([2H])c(-c2c([2H])c([2H])c(C([2H])([2H])[2H])c([2H])c2[2H])c1[2H]. The first kappa shape index (κ1) is 24.1. The second-order valence-corrected chi connectivity index (χ2v) is 14.6. The summed E-state index contributed by atoms with van der Waals surface area (Å²) in [7, 11) is 0. The molecular formula is C50H45N3O. The van der Waals surface area contributed by atoms with Gasteiger partial charge in [0.2, 0.25) is 0 Å². The number of benzene rings is 6. The van der Waals surface area contributed by atoms with Crippen LogP contribution in [0.2, 0.25) is 0 Å². The van der Waals surface area contributed by atoms with E-state index in [1.54, 1.807) is 24.3 Å². The molecule has 0 unspecified atom stereocenters. The molecule has 0 bridgehead atoms. The first-order chi connectivity index (χ1) is 30.5. The van der Waals surface area contributed by atoms with Gasteiger partial charge in [0.25, 0.3) is 0 Å². The zero-order chi connectivity index (χ0) is 47.1. The van der Waals surface area contributed by atoms with Gasteiger partial charge in [0.1, 0.15) is 11.6 Å². The molecule has 4 heteroatoms. The fourth-order valence-corrected chi connectivity index (χ4v) is 6.76. The molecule has 54 heavy (non-hydrogen) atoms. The number of imidazole rings is 1. The molecule has 0 radical (unpaired) electrons. The second-order valence-electron chi connectivity index (χ2n) is 14.6. The smallest absolute Gasteiger partial charge is 0.149 e. The average molecular weight is 715 g/mol. The number of aromatic hydroxyl groups is 1. The largest absolute Gasteiger partial charge is 0.507 e. The average Bonchev–Trinajstić information content (AvgIpc) is 3.64. The molecule has 0 saturated heterocycles. The lowest BCUT2D eigenvalue weighted by Gasteiger charge is -2.22. The van der Waals surface area contributed by atoms with Gasteiger partial charge >= 0.3 is 0 Å². The first-order valence-electron chi connectivity index (χ1n) is 23.2. The molecule has 0 amide bonds. The molecular weight excluding hydrogens is 659 g/mol. The third-order valence-electron chi connectivity index (χ3n) is 9.57. The number of hydrogen-bond donors (Lipinski definition) is 1. The van der Waals surface area contributed by atoms with E-state index in [4.69, 9.17) is 17.3 Å². The molecule has 0 atom stereocenters. The summed E-state index contributed by atoms with van der Waals surface area (Å²) in [5, 5.41) is 11.3. The molecule has 0 saturated carbocycles. The predicted molar refractivity (Wildman–Crippen MR) is 225 cm³/mol. The highest BCUT2D eigenvalue weighted by Gasteiger charge is 2.23. The maximum absolute atomic E-state index is 11.3. The quantitative estimate of drug-likeness (QED) is 0.179. The third kappa shape index (κ3) is 6.60. The Morgan fingerprint density at radius 1 is 0.704 bits per heavy atom. The van der Waals surface area contributed by atoms with Crippen molar-refractivity contribution in [2.45, 2.75) is 52.8 Å². The second kappa shape index (κ2) is 13.9. The number of phenols is 1. The van der Waals surface area contributed by atoms with E-state index >= 15 is 0 Å². The van der Waals surface area contributed by atoms with E-state index in [9.17, 15) is 7.85 Å². The van der Waals surface area contributed by atoms with Crippen LogP contribution in [0.15, 0.2) is 152 Å². The van der Waals surface area contributed by atoms with Crippen molar-refractivity contribution >= 4 is 11.0 Å². The van der Waals surface area contributed by atoms with Crippen molar-refractivity contribution in [3.63, 3.8) is 0 Å². The van der Waals surface area contributed by atoms with Gasteiger partial charge in [-0.05, 0) is 112 Å². The zero-order valence-corrected chi connectivity index (χ0v) is 30.7. The third-order valence-corrected chi connectivity index (χ3v) is 9.57. The Morgan fingerprint density at radius 3 is 2.19 bits per heavy atom. The normalized spacial score (nSPS) is 15.1. The van der Waals surface area contributed by atoms with E-state index in [0.717, 1.165) is 27.9 Å². The van der Waals surface area contributed by atoms with E-state index in [0.29, 0.717) is 39.1 Å². The highest BCUT2D eigenvalue weighted by molar-refractivity contribution is 5.97. The maximum atomic E-state index is 11.3. The van der Waals surface area contributed by atoms with Crippen molar-refractivity contribution in [2.75, 3.05) is 0 Å². The summed E-state index contributed by atoms with van der Waals surface area (Å²) in [6.45, 7) is 6.79. The van der Waals surface area contributed by atoms with Crippen LogP contribution >= 0.6 is 0 Å². The highest BCUT2D eigenvalue weighted by Crippen LogP contribution is 2.41. The molecule has 0 fully saturated rings. The molecule has 1 N–H and O–H groups in total. The van der Waals surface area contributed by atoms with Crippen molar-refractivity contribution < 1.29 is 20.2 Å². The Labute approximate surface area is 333 Å². The number of nitrogens with zero attached hydrogens (tertiary/aromatic N) is 3. The van der Waals surface area contributed by atoms with Crippen LogP contribution < -0.4 is 0 Å². The minimum absolute atomic E-state index is 0.0215. The van der Waals surface area contributed by atoms with Crippen molar-refractivity contribution in [3.8, 4) is 67.5 Å². The monoisotopic (exact) mass is 714 g/mol. The van der Waals surface area contributed by atoms with Crippen molar-refractivity contribution in [1.82, 2.24) is 14.5 Å². The molecule has 2 heterocycles. The topological polar surface area (TPSA) is 50.9 Å². The van der Waals surface area contributed by atoms with Gasteiger partial charge in [-0.1, -0.05) is 131 Å². The van der Waals surface area contributed by atoms with Crippen LogP contribution in [0.3, 0.4) is 0 Å². The van der Waals surface area contributed by atoms with Gasteiger partial charge in [0, 0.05) is 28.5 Å². The van der Waals surface area contributed by atoms with Crippen molar-refractivity contribution in [3.05, 3.63) is 168 Å². The summed E-state index contributed by atoms with van der Waals surface area (Å²) in [5.74, 6) is -0.525.